The summed E-state index contributed by atoms with van der Waals surface area (Å²) in [5, 5.41) is 14.2. The molecule has 0 aromatic heterocycles. The molecule has 450 valence electrons. The number of benzene rings is 4. The fourth-order valence-electron chi connectivity index (χ4n) is 8.88. The van der Waals surface area contributed by atoms with Crippen molar-refractivity contribution in [2.45, 2.75) is 111 Å². The third kappa shape index (κ3) is 20.0. The van der Waals surface area contributed by atoms with Gasteiger partial charge in [0.1, 0.15) is 30.2 Å². The molecule has 4 aromatic rings. The number of aryl methyl sites for hydroxylation is 2. The second kappa shape index (κ2) is 37.2. The Balaban J connectivity index is 0.000000490. The number of hydrogen-bond donors (Lipinski definition) is 3. The molecule has 82 heavy (non-hydrogen) atoms. The molecule has 0 aliphatic carbocycles. The maximum absolute atomic E-state index is 13.1. The van der Waals surface area contributed by atoms with E-state index in [1.165, 1.54) is 43.4 Å². The van der Waals surface area contributed by atoms with Crippen LogP contribution in [-0.2, 0) is 52.7 Å². The summed E-state index contributed by atoms with van der Waals surface area (Å²) in [6, 6.07) is 20.0. The monoisotopic (exact) mass is 1140 g/mol. The van der Waals surface area contributed by atoms with Gasteiger partial charge in [-0.1, -0.05) is 65.8 Å². The minimum Gasteiger partial charge on any atom is -0.493 e. The summed E-state index contributed by atoms with van der Waals surface area (Å²) in [4.78, 5) is 88.4. The van der Waals surface area contributed by atoms with Crippen molar-refractivity contribution < 1.29 is 81.3 Å². The molecule has 21 heteroatoms. The normalized spacial score (nSPS) is 15.0. The van der Waals surface area contributed by atoms with E-state index in [9.17, 15) is 38.7 Å². The lowest BCUT2D eigenvalue weighted by molar-refractivity contribution is -0.151. The van der Waals surface area contributed by atoms with Crippen LogP contribution in [-0.4, -0.2) is 157 Å². The number of methoxy groups -OCH3 is 5. The summed E-state index contributed by atoms with van der Waals surface area (Å²) in [7, 11) is 7.78. The minimum atomic E-state index is -1.05. The molecule has 0 bridgehead atoms. The molecule has 2 atom stereocenters. The third-order valence-corrected chi connectivity index (χ3v) is 12.7. The van der Waals surface area contributed by atoms with E-state index in [1.807, 2.05) is 84.0 Å². The van der Waals surface area contributed by atoms with Crippen LogP contribution in [0, 0.1) is 0 Å². The Labute approximate surface area is 482 Å². The summed E-state index contributed by atoms with van der Waals surface area (Å²) < 4.78 is 48.9. The van der Waals surface area contributed by atoms with Crippen molar-refractivity contribution in [3.63, 3.8) is 0 Å². The van der Waals surface area contributed by atoms with E-state index in [1.54, 1.807) is 38.5 Å². The molecule has 0 spiro atoms. The van der Waals surface area contributed by atoms with Crippen LogP contribution >= 0.6 is 0 Å². The van der Waals surface area contributed by atoms with Crippen LogP contribution in [0.5, 0.6) is 40.2 Å². The number of carboxylic acid groups (broad SMARTS) is 1. The van der Waals surface area contributed by atoms with Crippen molar-refractivity contribution in [1.29, 1.82) is 0 Å². The van der Waals surface area contributed by atoms with Crippen LogP contribution in [0.25, 0.3) is 0 Å². The van der Waals surface area contributed by atoms with Gasteiger partial charge in [-0.2, -0.15) is 0 Å². The molecule has 21 nitrogen and oxygen atoms in total. The van der Waals surface area contributed by atoms with Crippen molar-refractivity contribution in [3.8, 4) is 40.2 Å². The number of imide groups is 2. The zero-order valence-electron chi connectivity index (χ0n) is 49.5. The van der Waals surface area contributed by atoms with Crippen molar-refractivity contribution in [1.82, 2.24) is 20.4 Å². The van der Waals surface area contributed by atoms with Gasteiger partial charge in [0.25, 0.3) is 17.7 Å². The fourth-order valence-corrected chi connectivity index (χ4v) is 8.88. The molecule has 2 saturated heterocycles. The van der Waals surface area contributed by atoms with Crippen molar-refractivity contribution in [3.05, 3.63) is 101 Å². The average molecular weight is 1150 g/mol. The van der Waals surface area contributed by atoms with E-state index in [2.05, 4.69) is 10.6 Å². The Morgan fingerprint density at radius 1 is 0.634 bits per heavy atom. The van der Waals surface area contributed by atoms with E-state index in [-0.39, 0.29) is 74.4 Å². The molecular weight excluding hydrogens is 1060 g/mol. The standard InChI is InChI=1S/C38H43N3O11.C17H23NO6.3C2H6/c1-47-30-15-11-26(23-32(30)48-2)6-3-5-25-9-12-27(13-10-25)52-24-34(43)39-17-18-49-19-20-50-21-22-51-31-8-4-7-28-35(31)38(46)41(37(28)45)29-14-16-33(42)40-36(29)44;1-22-13-8-11(9-14(23-2)16(13)24-3)10-15(19)18-7-5-4-6-12(18)17(20)21;3*1-2/h4,7-13,15,23,29H,3,5-6,14,16-22,24H2,1-2H3,(H,39,43)(H,40,42,44);8-9,12H,4-7,10H2,1-3H3,(H,20,21);3*1-2H3. The number of carbonyl (C=O) groups is 7. The number of rotatable bonds is 26. The van der Waals surface area contributed by atoms with E-state index in [0.29, 0.717) is 67.0 Å². The molecule has 6 amide bonds. The van der Waals surface area contributed by atoms with E-state index in [0.717, 1.165) is 42.8 Å². The number of aliphatic carboxylic acids is 1. The highest BCUT2D eigenvalue weighted by Crippen LogP contribution is 2.39. The second-order valence-corrected chi connectivity index (χ2v) is 17.7. The highest BCUT2D eigenvalue weighted by molar-refractivity contribution is 6.24. The molecule has 0 radical (unpaired) electrons. The maximum Gasteiger partial charge on any atom is 0.326 e. The van der Waals surface area contributed by atoms with Gasteiger partial charge in [-0.05, 0) is 110 Å². The molecule has 2 fully saturated rings. The van der Waals surface area contributed by atoms with Crippen LogP contribution in [0.4, 0.5) is 0 Å². The first kappa shape index (κ1) is 68.4. The van der Waals surface area contributed by atoms with E-state index < -0.39 is 41.7 Å². The van der Waals surface area contributed by atoms with Crippen LogP contribution in [0.1, 0.15) is 117 Å². The Morgan fingerprint density at radius 3 is 1.87 bits per heavy atom. The SMILES string of the molecule is CC.CC.CC.COc1cc(CC(=O)N2CCCCC2C(=O)O)cc(OC)c1OC.COc1ccc(CCCc2ccc(OCC(=O)NCCOCCOCCOc3cccc4c3C(=O)N(C3CCC(=O)NC3=O)C4=O)cc2)cc1OC. The van der Waals surface area contributed by atoms with Crippen molar-refractivity contribution in [2.75, 3.05) is 88.3 Å². The van der Waals surface area contributed by atoms with Crippen molar-refractivity contribution >= 4 is 41.4 Å². The van der Waals surface area contributed by atoms with E-state index in [4.69, 9.17) is 42.6 Å². The number of likely N-dealkylation sites (tertiary alicyclic amines) is 1. The first-order chi connectivity index (χ1) is 39.8. The van der Waals surface area contributed by atoms with Gasteiger partial charge in [0, 0.05) is 19.5 Å². The molecule has 3 heterocycles. The summed E-state index contributed by atoms with van der Waals surface area (Å²) >= 11 is 0. The quantitative estimate of drug-likeness (QED) is 0.0402. The van der Waals surface area contributed by atoms with Gasteiger partial charge in [0.15, 0.2) is 29.6 Å². The molecule has 3 aliphatic rings. The van der Waals surface area contributed by atoms with Gasteiger partial charge < -0.3 is 58.0 Å². The largest absolute Gasteiger partial charge is 0.493 e. The molecule has 0 saturated carbocycles. The Morgan fingerprint density at radius 2 is 1.24 bits per heavy atom. The lowest BCUT2D eigenvalue weighted by Gasteiger charge is -2.33. The lowest BCUT2D eigenvalue weighted by atomic mass is 10.0. The van der Waals surface area contributed by atoms with Crippen LogP contribution in [0.15, 0.2) is 72.8 Å². The fraction of sp³-hybridized carbons (Fsp3) is 0.492. The second-order valence-electron chi connectivity index (χ2n) is 17.7. The Bertz CT molecular complexity index is 2660. The Hall–Kier alpha value is -7.91. The number of nitrogens with zero attached hydrogens (tertiary/aromatic N) is 2. The number of piperidine rings is 2. The first-order valence-electron chi connectivity index (χ1n) is 27.9. The molecule has 2 unspecified atom stereocenters. The molecule has 3 N–H and O–H groups in total. The minimum absolute atomic E-state index is 0.0415. The van der Waals surface area contributed by atoms with Gasteiger partial charge in [-0.15, -0.1) is 0 Å². The summed E-state index contributed by atoms with van der Waals surface area (Å²) in [5.74, 6) is -0.119. The predicted molar refractivity (Wildman–Crippen MR) is 308 cm³/mol. The van der Waals surface area contributed by atoms with Gasteiger partial charge >= 0.3 is 5.97 Å². The van der Waals surface area contributed by atoms with Gasteiger partial charge in [0.2, 0.25) is 23.5 Å². The number of ether oxygens (including phenoxy) is 9. The van der Waals surface area contributed by atoms with Gasteiger partial charge in [0.05, 0.1) is 79.5 Å². The summed E-state index contributed by atoms with van der Waals surface area (Å²) in [5.41, 5.74) is 3.27. The predicted octanol–water partition coefficient (Wildman–Crippen LogP) is 7.69. The highest BCUT2D eigenvalue weighted by atomic mass is 16.5. The van der Waals surface area contributed by atoms with E-state index >= 15 is 0 Å². The van der Waals surface area contributed by atoms with Crippen molar-refractivity contribution in [2.24, 2.45) is 0 Å². The number of hydrogen-bond acceptors (Lipinski definition) is 16. The molecule has 4 aromatic carbocycles. The molecular formula is C61H84N4O17. The number of amides is 6. The highest BCUT2D eigenvalue weighted by Gasteiger charge is 2.46. The lowest BCUT2D eigenvalue weighted by Crippen LogP contribution is -2.54. The average Bonchev–Trinajstić information content (AvgIpc) is 3.85. The first-order valence-corrected chi connectivity index (χ1v) is 27.9. The topological polar surface area (TPSA) is 253 Å². The number of fused-ring (bicyclic) bond motifs is 1. The van der Waals surface area contributed by atoms with Crippen LogP contribution in [0.2, 0.25) is 0 Å². The van der Waals surface area contributed by atoms with Gasteiger partial charge in [-0.3, -0.25) is 39.0 Å². The Kier molecular flexibility index (Phi) is 31.0. The zero-order chi connectivity index (χ0) is 60.6. The van der Waals surface area contributed by atoms with Crippen LogP contribution < -0.4 is 43.8 Å². The summed E-state index contributed by atoms with van der Waals surface area (Å²) in [6.07, 6.45) is 5.13. The third-order valence-electron chi connectivity index (χ3n) is 12.7. The molecule has 7 rings (SSSR count). The number of nitrogens with one attached hydrogen (secondary N) is 2. The van der Waals surface area contributed by atoms with Crippen LogP contribution in [0.3, 0.4) is 0 Å². The summed E-state index contributed by atoms with van der Waals surface area (Å²) in [6.45, 7) is 13.8. The number of carbonyl (C=O) groups excluding carboxylic acids is 6. The number of carboxylic acids is 1. The molecule has 3 aliphatic heterocycles. The smallest absolute Gasteiger partial charge is 0.326 e. The maximum atomic E-state index is 13.1. The van der Waals surface area contributed by atoms with Gasteiger partial charge in [-0.25, -0.2) is 4.79 Å². The zero-order valence-corrected chi connectivity index (χ0v) is 49.5.